The second-order valence-electron chi connectivity index (χ2n) is 4.47. The summed E-state index contributed by atoms with van der Waals surface area (Å²) in [6.45, 7) is 2.09. The SMILES string of the molecule is CNC(CCc1ccsc1)c1cccc(Cl)c1C. The molecule has 0 radical (unpaired) electrons. The van der Waals surface area contributed by atoms with Gasteiger partial charge in [-0.2, -0.15) is 11.3 Å². The highest BCUT2D eigenvalue weighted by Gasteiger charge is 2.13. The number of halogens is 1. The highest BCUT2D eigenvalue weighted by Crippen LogP contribution is 2.27. The molecule has 1 atom stereocenters. The predicted octanol–water partition coefficient (Wildman–Crippen LogP) is 4.60. The molecule has 2 rings (SSSR count). The Morgan fingerprint density at radius 2 is 2.17 bits per heavy atom. The van der Waals surface area contributed by atoms with Crippen LogP contribution in [0.5, 0.6) is 0 Å². The van der Waals surface area contributed by atoms with Crippen LogP contribution in [0.3, 0.4) is 0 Å². The van der Waals surface area contributed by atoms with E-state index in [1.54, 1.807) is 11.3 Å². The topological polar surface area (TPSA) is 12.0 Å². The average Bonchev–Trinajstić information content (AvgIpc) is 2.88. The van der Waals surface area contributed by atoms with E-state index in [1.807, 2.05) is 19.2 Å². The van der Waals surface area contributed by atoms with Crippen molar-refractivity contribution in [2.24, 2.45) is 0 Å². The van der Waals surface area contributed by atoms with Crippen molar-refractivity contribution in [2.75, 3.05) is 7.05 Å². The summed E-state index contributed by atoms with van der Waals surface area (Å²) in [4.78, 5) is 0. The summed E-state index contributed by atoms with van der Waals surface area (Å²) in [7, 11) is 2.01. The summed E-state index contributed by atoms with van der Waals surface area (Å²) in [5.74, 6) is 0. The van der Waals surface area contributed by atoms with Crippen LogP contribution in [0, 0.1) is 6.92 Å². The minimum atomic E-state index is 0.364. The number of hydrogen-bond donors (Lipinski definition) is 1. The molecule has 0 saturated heterocycles. The fourth-order valence-corrected chi connectivity index (χ4v) is 3.09. The molecule has 3 heteroatoms. The van der Waals surface area contributed by atoms with E-state index in [0.29, 0.717) is 6.04 Å². The molecule has 0 bridgehead atoms. The molecule has 0 aliphatic carbocycles. The number of benzene rings is 1. The highest BCUT2D eigenvalue weighted by molar-refractivity contribution is 7.07. The molecule has 0 aliphatic heterocycles. The molecule has 18 heavy (non-hydrogen) atoms. The molecule has 96 valence electrons. The molecule has 2 aromatic rings. The predicted molar refractivity (Wildman–Crippen MR) is 80.6 cm³/mol. The van der Waals surface area contributed by atoms with Crippen molar-refractivity contribution in [3.8, 4) is 0 Å². The van der Waals surface area contributed by atoms with Crippen LogP contribution in [0.15, 0.2) is 35.0 Å². The first kappa shape index (κ1) is 13.6. The molecule has 0 fully saturated rings. The minimum Gasteiger partial charge on any atom is -0.313 e. The summed E-state index contributed by atoms with van der Waals surface area (Å²) in [5.41, 5.74) is 3.91. The fraction of sp³-hybridized carbons (Fsp3) is 0.333. The second kappa shape index (κ2) is 6.37. The van der Waals surface area contributed by atoms with Gasteiger partial charge in [0.25, 0.3) is 0 Å². The molecular weight excluding hydrogens is 262 g/mol. The lowest BCUT2D eigenvalue weighted by Gasteiger charge is -2.19. The van der Waals surface area contributed by atoms with E-state index in [-0.39, 0.29) is 0 Å². The van der Waals surface area contributed by atoms with E-state index in [9.17, 15) is 0 Å². The molecule has 1 aromatic heterocycles. The Morgan fingerprint density at radius 3 is 2.83 bits per heavy atom. The van der Waals surface area contributed by atoms with Gasteiger partial charge in [0.15, 0.2) is 0 Å². The molecule has 0 saturated carbocycles. The lowest BCUT2D eigenvalue weighted by molar-refractivity contribution is 0.547. The third-order valence-corrected chi connectivity index (χ3v) is 4.48. The average molecular weight is 280 g/mol. The van der Waals surface area contributed by atoms with Gasteiger partial charge in [-0.3, -0.25) is 0 Å². The van der Waals surface area contributed by atoms with Gasteiger partial charge < -0.3 is 5.32 Å². The molecule has 0 spiro atoms. The fourth-order valence-electron chi connectivity index (χ4n) is 2.20. The molecular formula is C15H18ClNS. The second-order valence-corrected chi connectivity index (χ2v) is 5.65. The Kier molecular flexibility index (Phi) is 4.81. The van der Waals surface area contributed by atoms with Crippen LogP contribution in [0.4, 0.5) is 0 Å². The van der Waals surface area contributed by atoms with Gasteiger partial charge in [-0.05, 0) is 66.4 Å². The zero-order valence-corrected chi connectivity index (χ0v) is 12.3. The van der Waals surface area contributed by atoms with E-state index in [2.05, 4.69) is 35.1 Å². The molecule has 1 unspecified atom stereocenters. The van der Waals surface area contributed by atoms with Crippen molar-refractivity contribution < 1.29 is 0 Å². The van der Waals surface area contributed by atoms with E-state index in [0.717, 1.165) is 17.9 Å². The van der Waals surface area contributed by atoms with Crippen LogP contribution in [0.2, 0.25) is 5.02 Å². The molecule has 0 amide bonds. The van der Waals surface area contributed by atoms with Crippen molar-refractivity contribution in [1.29, 1.82) is 0 Å². The quantitative estimate of drug-likeness (QED) is 0.843. The Labute approximate surface area is 118 Å². The normalized spacial score (nSPS) is 12.6. The number of hydrogen-bond acceptors (Lipinski definition) is 2. The third-order valence-electron chi connectivity index (χ3n) is 3.34. The van der Waals surface area contributed by atoms with Crippen LogP contribution in [0.1, 0.15) is 29.2 Å². The van der Waals surface area contributed by atoms with E-state index >= 15 is 0 Å². The molecule has 1 N–H and O–H groups in total. The lowest BCUT2D eigenvalue weighted by atomic mass is 9.96. The molecule has 0 aliphatic rings. The Hall–Kier alpha value is -0.830. The van der Waals surface area contributed by atoms with E-state index in [1.165, 1.54) is 16.7 Å². The van der Waals surface area contributed by atoms with Crippen LogP contribution < -0.4 is 5.32 Å². The van der Waals surface area contributed by atoms with Crippen molar-refractivity contribution >= 4 is 22.9 Å². The van der Waals surface area contributed by atoms with Crippen molar-refractivity contribution in [3.05, 3.63) is 56.7 Å². The summed E-state index contributed by atoms with van der Waals surface area (Å²) >= 11 is 7.95. The smallest absolute Gasteiger partial charge is 0.0438 e. The van der Waals surface area contributed by atoms with Crippen LogP contribution in [-0.4, -0.2) is 7.05 Å². The number of rotatable bonds is 5. The number of thiophene rings is 1. The van der Waals surface area contributed by atoms with Crippen LogP contribution >= 0.6 is 22.9 Å². The zero-order chi connectivity index (χ0) is 13.0. The lowest BCUT2D eigenvalue weighted by Crippen LogP contribution is -2.18. The monoisotopic (exact) mass is 279 g/mol. The Balaban J connectivity index is 2.10. The largest absolute Gasteiger partial charge is 0.313 e. The summed E-state index contributed by atoms with van der Waals surface area (Å²) in [6.07, 6.45) is 2.19. The molecule has 1 heterocycles. The first-order valence-electron chi connectivity index (χ1n) is 6.15. The maximum absolute atomic E-state index is 6.19. The van der Waals surface area contributed by atoms with Gasteiger partial charge in [0.05, 0.1) is 0 Å². The van der Waals surface area contributed by atoms with Gasteiger partial charge in [-0.1, -0.05) is 23.7 Å². The summed E-state index contributed by atoms with van der Waals surface area (Å²) < 4.78 is 0. The third kappa shape index (κ3) is 3.14. The maximum atomic E-state index is 6.19. The van der Waals surface area contributed by atoms with Gasteiger partial charge in [-0.25, -0.2) is 0 Å². The summed E-state index contributed by atoms with van der Waals surface area (Å²) in [5, 5.41) is 8.60. The summed E-state index contributed by atoms with van der Waals surface area (Å²) in [6, 6.07) is 8.70. The van der Waals surface area contributed by atoms with Gasteiger partial charge in [-0.15, -0.1) is 0 Å². The minimum absolute atomic E-state index is 0.364. The van der Waals surface area contributed by atoms with Crippen molar-refractivity contribution in [2.45, 2.75) is 25.8 Å². The van der Waals surface area contributed by atoms with Crippen LogP contribution in [0.25, 0.3) is 0 Å². The molecule has 1 aromatic carbocycles. The van der Waals surface area contributed by atoms with Gasteiger partial charge in [0.1, 0.15) is 0 Å². The number of nitrogens with one attached hydrogen (secondary N) is 1. The van der Waals surface area contributed by atoms with Gasteiger partial charge >= 0.3 is 0 Å². The first-order valence-corrected chi connectivity index (χ1v) is 7.48. The van der Waals surface area contributed by atoms with Crippen molar-refractivity contribution in [1.82, 2.24) is 5.32 Å². The van der Waals surface area contributed by atoms with Gasteiger partial charge in [0, 0.05) is 11.1 Å². The maximum Gasteiger partial charge on any atom is 0.0438 e. The van der Waals surface area contributed by atoms with E-state index < -0.39 is 0 Å². The Bertz CT molecular complexity index is 493. The van der Waals surface area contributed by atoms with Crippen LogP contribution in [-0.2, 0) is 6.42 Å². The Morgan fingerprint density at radius 1 is 1.33 bits per heavy atom. The standard InChI is InChI=1S/C15H18ClNS/c1-11-13(4-3-5-14(11)16)15(17-2)7-6-12-8-9-18-10-12/h3-5,8-10,15,17H,6-7H2,1-2H3. The molecule has 1 nitrogen and oxygen atoms in total. The van der Waals surface area contributed by atoms with E-state index in [4.69, 9.17) is 11.6 Å². The number of aryl methyl sites for hydroxylation is 1. The van der Waals surface area contributed by atoms with Gasteiger partial charge in [0.2, 0.25) is 0 Å². The first-order chi connectivity index (χ1) is 8.72. The zero-order valence-electron chi connectivity index (χ0n) is 10.7. The highest BCUT2D eigenvalue weighted by atomic mass is 35.5. The van der Waals surface area contributed by atoms with Crippen molar-refractivity contribution in [3.63, 3.8) is 0 Å².